The number of carbonyl (C=O) groups is 1. The van der Waals surface area contributed by atoms with Crippen LogP contribution in [-0.2, 0) is 0 Å². The first-order valence-electron chi connectivity index (χ1n) is 7.28. The normalized spacial score (nSPS) is 22.9. The highest BCUT2D eigenvalue weighted by Gasteiger charge is 2.29. The summed E-state index contributed by atoms with van der Waals surface area (Å²) in [5.74, 6) is 0.199. The lowest BCUT2D eigenvalue weighted by Gasteiger charge is -2.34. The Hall–Kier alpha value is -1.03. The van der Waals surface area contributed by atoms with Gasteiger partial charge in [0.2, 0.25) is 0 Å². The predicted octanol–water partition coefficient (Wildman–Crippen LogP) is 4.06. The van der Waals surface area contributed by atoms with Gasteiger partial charge >= 0.3 is 0 Å². The number of thiol groups is 1. The second-order valence-electron chi connectivity index (χ2n) is 5.94. The van der Waals surface area contributed by atoms with Crippen LogP contribution in [0, 0.1) is 17.7 Å². The van der Waals surface area contributed by atoms with E-state index in [0.29, 0.717) is 16.7 Å². The van der Waals surface area contributed by atoms with Gasteiger partial charge in [0.25, 0.3) is 5.91 Å². The van der Waals surface area contributed by atoms with Crippen molar-refractivity contribution in [1.29, 1.82) is 0 Å². The van der Waals surface area contributed by atoms with Gasteiger partial charge in [0.15, 0.2) is 0 Å². The Labute approximate surface area is 125 Å². The van der Waals surface area contributed by atoms with Gasteiger partial charge in [-0.1, -0.05) is 26.7 Å². The highest BCUT2D eigenvalue weighted by Crippen LogP contribution is 2.30. The Balaban J connectivity index is 2.11. The first kappa shape index (κ1) is 15.4. The van der Waals surface area contributed by atoms with Gasteiger partial charge in [-0.15, -0.1) is 12.6 Å². The molecule has 0 heterocycles. The largest absolute Gasteiger partial charge is 0.349 e. The zero-order valence-electron chi connectivity index (χ0n) is 12.0. The van der Waals surface area contributed by atoms with Crippen molar-refractivity contribution in [2.75, 3.05) is 0 Å². The summed E-state index contributed by atoms with van der Waals surface area (Å²) in [4.78, 5) is 12.9. The van der Waals surface area contributed by atoms with Gasteiger partial charge in [-0.25, -0.2) is 4.39 Å². The molecule has 1 amide bonds. The lowest BCUT2D eigenvalue weighted by Crippen LogP contribution is -2.44. The Morgan fingerprint density at radius 2 is 2.05 bits per heavy atom. The summed E-state index contributed by atoms with van der Waals surface area (Å²) in [5.41, 5.74) is 0.0885. The number of nitrogens with one attached hydrogen (secondary N) is 1. The molecule has 1 N–H and O–H groups in total. The van der Waals surface area contributed by atoms with Crippen LogP contribution in [0.4, 0.5) is 4.39 Å². The van der Waals surface area contributed by atoms with Gasteiger partial charge in [-0.05, 0) is 42.9 Å². The van der Waals surface area contributed by atoms with Crippen molar-refractivity contribution in [3.05, 3.63) is 29.6 Å². The Bertz CT molecular complexity index is 489. The topological polar surface area (TPSA) is 29.1 Å². The smallest absolute Gasteiger partial charge is 0.254 e. The zero-order valence-corrected chi connectivity index (χ0v) is 12.9. The van der Waals surface area contributed by atoms with Crippen LogP contribution in [-0.4, -0.2) is 11.9 Å². The van der Waals surface area contributed by atoms with Crippen LogP contribution >= 0.6 is 12.6 Å². The highest BCUT2D eigenvalue weighted by molar-refractivity contribution is 7.80. The van der Waals surface area contributed by atoms with E-state index < -0.39 is 5.82 Å². The van der Waals surface area contributed by atoms with Crippen LogP contribution < -0.4 is 5.32 Å². The minimum absolute atomic E-state index is 0.0885. The predicted molar refractivity (Wildman–Crippen MR) is 81.7 cm³/mol. The second-order valence-corrected chi connectivity index (χ2v) is 6.45. The number of rotatable bonds is 3. The first-order chi connectivity index (χ1) is 9.49. The highest BCUT2D eigenvalue weighted by atomic mass is 32.1. The molecule has 1 aromatic rings. The lowest BCUT2D eigenvalue weighted by molar-refractivity contribution is 0.0885. The molecule has 0 saturated heterocycles. The van der Waals surface area contributed by atoms with Crippen molar-refractivity contribution in [1.82, 2.24) is 5.32 Å². The minimum atomic E-state index is -0.489. The molecule has 110 valence electrons. The third-order valence-electron chi connectivity index (χ3n) is 4.19. The number of hydrogen-bond acceptors (Lipinski definition) is 2. The number of amides is 1. The quantitative estimate of drug-likeness (QED) is 0.809. The fourth-order valence-corrected chi connectivity index (χ4v) is 3.27. The third-order valence-corrected chi connectivity index (χ3v) is 4.46. The van der Waals surface area contributed by atoms with Crippen molar-refractivity contribution in [3.63, 3.8) is 0 Å². The molecule has 1 aromatic carbocycles. The van der Waals surface area contributed by atoms with E-state index in [-0.39, 0.29) is 17.5 Å². The first-order valence-corrected chi connectivity index (χ1v) is 7.73. The van der Waals surface area contributed by atoms with E-state index in [1.807, 2.05) is 0 Å². The molecule has 2 nitrogen and oxygen atoms in total. The molecule has 0 spiro atoms. The molecule has 20 heavy (non-hydrogen) atoms. The molecule has 1 fully saturated rings. The third kappa shape index (κ3) is 3.54. The molecular weight excluding hydrogens is 273 g/mol. The van der Waals surface area contributed by atoms with Crippen LogP contribution in [0.1, 0.15) is 49.9 Å². The maximum atomic E-state index is 13.7. The van der Waals surface area contributed by atoms with Gasteiger partial charge in [0, 0.05) is 10.9 Å². The van der Waals surface area contributed by atoms with E-state index in [1.165, 1.54) is 18.6 Å². The maximum Gasteiger partial charge on any atom is 0.254 e. The molecule has 0 aromatic heterocycles. The number of halogens is 1. The van der Waals surface area contributed by atoms with Gasteiger partial charge in [-0.3, -0.25) is 4.79 Å². The summed E-state index contributed by atoms with van der Waals surface area (Å²) in [5, 5.41) is 3.02. The van der Waals surface area contributed by atoms with Crippen LogP contribution in [0.25, 0.3) is 0 Å². The monoisotopic (exact) mass is 295 g/mol. The summed E-state index contributed by atoms with van der Waals surface area (Å²) in [6, 6.07) is 4.48. The minimum Gasteiger partial charge on any atom is -0.349 e. The fourth-order valence-electron chi connectivity index (χ4n) is 3.07. The average molecular weight is 295 g/mol. The Morgan fingerprint density at radius 1 is 1.35 bits per heavy atom. The van der Waals surface area contributed by atoms with Crippen molar-refractivity contribution >= 4 is 18.5 Å². The van der Waals surface area contributed by atoms with Crippen LogP contribution in [0.3, 0.4) is 0 Å². The molecule has 0 radical (unpaired) electrons. The summed E-state index contributed by atoms with van der Waals surface area (Å²) < 4.78 is 13.7. The number of carbonyl (C=O) groups excluding carboxylic acids is 1. The van der Waals surface area contributed by atoms with E-state index in [1.54, 1.807) is 6.07 Å². The van der Waals surface area contributed by atoms with Gasteiger partial charge in [-0.2, -0.15) is 0 Å². The second kappa shape index (κ2) is 6.61. The van der Waals surface area contributed by atoms with Crippen LogP contribution in [0.2, 0.25) is 0 Å². The zero-order chi connectivity index (χ0) is 14.7. The molecular formula is C16H22FNOS. The van der Waals surface area contributed by atoms with Gasteiger partial charge in [0.1, 0.15) is 5.82 Å². The molecule has 1 aliphatic rings. The van der Waals surface area contributed by atoms with E-state index in [9.17, 15) is 9.18 Å². The van der Waals surface area contributed by atoms with E-state index >= 15 is 0 Å². The van der Waals surface area contributed by atoms with E-state index in [2.05, 4.69) is 31.8 Å². The Morgan fingerprint density at radius 3 is 2.75 bits per heavy atom. The van der Waals surface area contributed by atoms with E-state index in [4.69, 9.17) is 0 Å². The molecule has 2 atom stereocenters. The molecule has 0 bridgehead atoms. The summed E-state index contributed by atoms with van der Waals surface area (Å²) in [7, 11) is 0. The average Bonchev–Trinajstić information content (AvgIpc) is 2.41. The molecule has 2 rings (SSSR count). The van der Waals surface area contributed by atoms with Crippen molar-refractivity contribution in [2.45, 2.75) is 50.5 Å². The lowest BCUT2D eigenvalue weighted by atomic mass is 9.78. The van der Waals surface area contributed by atoms with Crippen molar-refractivity contribution in [2.24, 2.45) is 11.8 Å². The molecule has 4 heteroatoms. The summed E-state index contributed by atoms with van der Waals surface area (Å²) in [6.07, 6.45) is 4.47. The number of benzene rings is 1. The Kier molecular flexibility index (Phi) is 5.08. The van der Waals surface area contributed by atoms with Crippen molar-refractivity contribution < 1.29 is 9.18 Å². The molecule has 2 unspecified atom stereocenters. The summed E-state index contributed by atoms with van der Waals surface area (Å²) >= 11 is 4.17. The number of hydrogen-bond donors (Lipinski definition) is 2. The summed E-state index contributed by atoms with van der Waals surface area (Å²) in [6.45, 7) is 4.37. The van der Waals surface area contributed by atoms with Crippen molar-refractivity contribution in [3.8, 4) is 0 Å². The molecule has 1 saturated carbocycles. The maximum absolute atomic E-state index is 13.7. The molecule has 1 aliphatic carbocycles. The van der Waals surface area contributed by atoms with Crippen LogP contribution in [0.5, 0.6) is 0 Å². The van der Waals surface area contributed by atoms with E-state index in [0.717, 1.165) is 19.3 Å². The SMILES string of the molecule is CC(C)C1CCCCC1NC(=O)c1cc(S)ccc1F. The van der Waals surface area contributed by atoms with Crippen LogP contribution in [0.15, 0.2) is 23.1 Å². The van der Waals surface area contributed by atoms with Gasteiger partial charge in [0.05, 0.1) is 5.56 Å². The van der Waals surface area contributed by atoms with Gasteiger partial charge < -0.3 is 5.32 Å². The fraction of sp³-hybridized carbons (Fsp3) is 0.562. The molecule has 0 aliphatic heterocycles. The standard InChI is InChI=1S/C16H22FNOS/c1-10(2)12-5-3-4-6-15(12)18-16(19)13-9-11(20)7-8-14(13)17/h7-10,12,15,20H,3-6H2,1-2H3,(H,18,19).